The van der Waals surface area contributed by atoms with Gasteiger partial charge in [0.1, 0.15) is 0 Å². The van der Waals surface area contributed by atoms with E-state index in [4.69, 9.17) is 9.47 Å². The van der Waals surface area contributed by atoms with Crippen LogP contribution >= 0.6 is 33.9 Å². The Labute approximate surface area is 138 Å². The normalized spacial score (nSPS) is 31.8. The van der Waals surface area contributed by atoms with Crippen LogP contribution in [-0.2, 0) is 9.47 Å². The first-order valence-electron chi connectivity index (χ1n) is 7.41. The van der Waals surface area contributed by atoms with Gasteiger partial charge in [-0.2, -0.15) is 0 Å². The largest absolute Gasteiger partial charge is 0.378 e. The molecule has 2 saturated heterocycles. The molecule has 1 N–H and O–H groups in total. The third-order valence-electron chi connectivity index (χ3n) is 4.44. The van der Waals surface area contributed by atoms with Crippen molar-refractivity contribution in [3.63, 3.8) is 0 Å². The van der Waals surface area contributed by atoms with Crippen LogP contribution in [0, 0.1) is 8.80 Å². The minimum atomic E-state index is -0.000234. The van der Waals surface area contributed by atoms with Crippen molar-refractivity contribution in [1.29, 1.82) is 0 Å². The van der Waals surface area contributed by atoms with Crippen molar-refractivity contribution in [3.8, 4) is 0 Å². The molecule has 3 unspecified atom stereocenters. The van der Waals surface area contributed by atoms with E-state index < -0.39 is 0 Å². The minimum absolute atomic E-state index is 0.000234. The first-order valence-corrected chi connectivity index (χ1v) is 9.37. The van der Waals surface area contributed by atoms with Gasteiger partial charge in [0.15, 0.2) is 0 Å². The van der Waals surface area contributed by atoms with Crippen LogP contribution in [0.3, 0.4) is 0 Å². The van der Waals surface area contributed by atoms with Crippen LogP contribution in [0.5, 0.6) is 0 Å². The quantitative estimate of drug-likeness (QED) is 0.774. The molecule has 0 bridgehead atoms. The van der Waals surface area contributed by atoms with Crippen molar-refractivity contribution in [2.75, 3.05) is 26.4 Å². The molecule has 0 radical (unpaired) electrons. The summed E-state index contributed by atoms with van der Waals surface area (Å²) in [6, 6.07) is 2.78. The van der Waals surface area contributed by atoms with Crippen LogP contribution in [0.2, 0.25) is 0 Å². The molecule has 0 aromatic carbocycles. The van der Waals surface area contributed by atoms with Gasteiger partial charge in [-0.3, -0.25) is 0 Å². The molecular weight excluding hydrogens is 385 g/mol. The Kier molecular flexibility index (Phi) is 5.02. The highest BCUT2D eigenvalue weighted by atomic mass is 127. The SMILES string of the molecule is CCNC(c1csc(I)c1)C1CCOC2(CCOC2)C1. The van der Waals surface area contributed by atoms with Gasteiger partial charge in [0, 0.05) is 25.7 Å². The molecule has 3 nitrogen and oxygen atoms in total. The lowest BCUT2D eigenvalue weighted by Gasteiger charge is -2.40. The maximum absolute atomic E-state index is 6.07. The van der Waals surface area contributed by atoms with E-state index in [9.17, 15) is 0 Å². The van der Waals surface area contributed by atoms with Gasteiger partial charge in [-0.1, -0.05) is 6.92 Å². The highest BCUT2D eigenvalue weighted by Crippen LogP contribution is 2.41. The van der Waals surface area contributed by atoms with Gasteiger partial charge in [-0.15, -0.1) is 11.3 Å². The number of hydrogen-bond acceptors (Lipinski definition) is 4. The molecule has 2 fully saturated rings. The third kappa shape index (κ3) is 3.21. The lowest BCUT2D eigenvalue weighted by atomic mass is 9.79. The number of nitrogens with one attached hydrogen (secondary N) is 1. The zero-order valence-corrected chi connectivity index (χ0v) is 14.8. The predicted molar refractivity (Wildman–Crippen MR) is 90.3 cm³/mol. The summed E-state index contributed by atoms with van der Waals surface area (Å²) >= 11 is 4.25. The summed E-state index contributed by atoms with van der Waals surface area (Å²) in [6.45, 7) is 5.71. The number of halogens is 1. The number of thiophene rings is 1. The van der Waals surface area contributed by atoms with Crippen LogP contribution in [0.25, 0.3) is 0 Å². The maximum Gasteiger partial charge on any atom is 0.0940 e. The smallest absolute Gasteiger partial charge is 0.0940 e. The summed E-state index contributed by atoms with van der Waals surface area (Å²) < 4.78 is 13.0. The fraction of sp³-hybridized carbons (Fsp3) is 0.733. The summed E-state index contributed by atoms with van der Waals surface area (Å²) in [4.78, 5) is 0. The Bertz CT molecular complexity index is 445. The molecule has 3 atom stereocenters. The summed E-state index contributed by atoms with van der Waals surface area (Å²) in [7, 11) is 0. The van der Waals surface area contributed by atoms with E-state index in [1.807, 2.05) is 11.3 Å². The molecule has 2 aliphatic heterocycles. The lowest BCUT2D eigenvalue weighted by Crippen LogP contribution is -2.44. The Hall–Kier alpha value is 0.310. The fourth-order valence-electron chi connectivity index (χ4n) is 3.48. The average Bonchev–Trinajstić information content (AvgIpc) is 3.06. The van der Waals surface area contributed by atoms with Crippen LogP contribution in [0.1, 0.15) is 37.8 Å². The van der Waals surface area contributed by atoms with Crippen LogP contribution in [-0.4, -0.2) is 32.0 Å². The van der Waals surface area contributed by atoms with E-state index in [1.165, 1.54) is 8.45 Å². The van der Waals surface area contributed by atoms with Gasteiger partial charge < -0.3 is 14.8 Å². The Morgan fingerprint density at radius 3 is 3.10 bits per heavy atom. The van der Waals surface area contributed by atoms with E-state index >= 15 is 0 Å². The highest BCUT2D eigenvalue weighted by molar-refractivity contribution is 14.1. The molecular formula is C15H22INO2S. The Balaban J connectivity index is 1.76. The molecule has 112 valence electrons. The van der Waals surface area contributed by atoms with E-state index in [2.05, 4.69) is 46.3 Å². The predicted octanol–water partition coefficient (Wildman–Crippen LogP) is 3.59. The van der Waals surface area contributed by atoms with Crippen molar-refractivity contribution in [3.05, 3.63) is 19.9 Å². The number of hydrogen-bond donors (Lipinski definition) is 1. The second-order valence-corrected chi connectivity index (χ2v) is 8.61. The van der Waals surface area contributed by atoms with E-state index in [0.717, 1.165) is 45.6 Å². The molecule has 0 saturated carbocycles. The minimum Gasteiger partial charge on any atom is -0.378 e. The first kappa shape index (κ1) is 15.2. The second-order valence-electron chi connectivity index (χ2n) is 5.81. The van der Waals surface area contributed by atoms with Gasteiger partial charge in [-0.25, -0.2) is 0 Å². The van der Waals surface area contributed by atoms with Gasteiger partial charge in [-0.05, 0) is 64.9 Å². The standard InChI is InChI=1S/C15H22INO2S/c1-2-17-14(12-7-13(16)20-9-12)11-3-5-19-15(8-11)4-6-18-10-15/h7,9,11,14,17H,2-6,8,10H2,1H3. The van der Waals surface area contributed by atoms with E-state index in [1.54, 1.807) is 0 Å². The monoisotopic (exact) mass is 407 g/mol. The highest BCUT2D eigenvalue weighted by Gasteiger charge is 2.43. The lowest BCUT2D eigenvalue weighted by molar-refractivity contribution is -0.103. The number of rotatable bonds is 4. The summed E-state index contributed by atoms with van der Waals surface area (Å²) in [5.41, 5.74) is 1.45. The maximum atomic E-state index is 6.07. The van der Waals surface area contributed by atoms with Crippen molar-refractivity contribution in [2.24, 2.45) is 5.92 Å². The summed E-state index contributed by atoms with van der Waals surface area (Å²) in [5, 5.41) is 6.00. The Morgan fingerprint density at radius 2 is 2.45 bits per heavy atom. The molecule has 0 aliphatic carbocycles. The van der Waals surface area contributed by atoms with Crippen LogP contribution < -0.4 is 5.32 Å². The fourth-order valence-corrected chi connectivity index (χ4v) is 4.88. The molecule has 5 heteroatoms. The zero-order chi connectivity index (χ0) is 14.0. The summed E-state index contributed by atoms with van der Waals surface area (Å²) in [5.74, 6) is 0.649. The van der Waals surface area contributed by atoms with Gasteiger partial charge in [0.2, 0.25) is 0 Å². The van der Waals surface area contributed by atoms with Crippen molar-refractivity contribution < 1.29 is 9.47 Å². The molecule has 20 heavy (non-hydrogen) atoms. The van der Waals surface area contributed by atoms with Gasteiger partial charge >= 0.3 is 0 Å². The van der Waals surface area contributed by atoms with Crippen molar-refractivity contribution in [2.45, 2.75) is 37.8 Å². The molecule has 1 aromatic heterocycles. The summed E-state index contributed by atoms with van der Waals surface area (Å²) in [6.07, 6.45) is 3.33. The average molecular weight is 407 g/mol. The molecule has 3 rings (SSSR count). The molecule has 1 spiro atoms. The van der Waals surface area contributed by atoms with Gasteiger partial charge in [0.25, 0.3) is 0 Å². The van der Waals surface area contributed by atoms with E-state index in [-0.39, 0.29) is 5.60 Å². The van der Waals surface area contributed by atoms with Crippen molar-refractivity contribution >= 4 is 33.9 Å². The second kappa shape index (κ2) is 6.60. The molecule has 2 aliphatic rings. The molecule has 0 amide bonds. The van der Waals surface area contributed by atoms with Gasteiger partial charge in [0.05, 0.1) is 15.1 Å². The van der Waals surface area contributed by atoms with Crippen LogP contribution in [0.15, 0.2) is 11.4 Å². The first-order chi connectivity index (χ1) is 9.72. The molecule has 3 heterocycles. The number of ether oxygens (including phenoxy) is 2. The van der Waals surface area contributed by atoms with Crippen LogP contribution in [0.4, 0.5) is 0 Å². The van der Waals surface area contributed by atoms with Crippen molar-refractivity contribution in [1.82, 2.24) is 5.32 Å². The molecule has 1 aromatic rings. The zero-order valence-electron chi connectivity index (χ0n) is 11.9. The third-order valence-corrected chi connectivity index (χ3v) is 6.25. The Morgan fingerprint density at radius 1 is 1.55 bits per heavy atom. The topological polar surface area (TPSA) is 30.5 Å². The van der Waals surface area contributed by atoms with E-state index in [0.29, 0.717) is 12.0 Å².